The van der Waals surface area contributed by atoms with E-state index in [0.717, 1.165) is 31.6 Å². The molecule has 0 saturated carbocycles. The van der Waals surface area contributed by atoms with E-state index in [1.54, 1.807) is 7.11 Å². The van der Waals surface area contributed by atoms with Gasteiger partial charge in [-0.25, -0.2) is 0 Å². The number of amides is 1. The highest BCUT2D eigenvalue weighted by atomic mass is 16.5. The molecule has 19 heavy (non-hydrogen) atoms. The molecule has 3 aliphatic rings. The number of nitrogens with zero attached hydrogens (tertiary/aromatic N) is 1. The zero-order valence-corrected chi connectivity index (χ0v) is 11.6. The van der Waals surface area contributed by atoms with Crippen molar-refractivity contribution in [3.63, 3.8) is 0 Å². The van der Waals surface area contributed by atoms with Gasteiger partial charge in [-0.1, -0.05) is 6.08 Å². The molecule has 4 heteroatoms. The smallest absolute Gasteiger partial charge is 0.227 e. The molecule has 0 aromatic heterocycles. The van der Waals surface area contributed by atoms with Gasteiger partial charge in [0.15, 0.2) is 0 Å². The second kappa shape index (κ2) is 4.37. The molecule has 0 radical (unpaired) electrons. The van der Waals surface area contributed by atoms with Crippen LogP contribution in [0.25, 0.3) is 0 Å². The molecule has 1 unspecified atom stereocenters. The zero-order chi connectivity index (χ0) is 13.5. The van der Waals surface area contributed by atoms with Crippen LogP contribution in [0.3, 0.4) is 0 Å². The third-order valence-corrected chi connectivity index (χ3v) is 4.91. The number of carbonyl (C=O) groups is 1. The van der Waals surface area contributed by atoms with Gasteiger partial charge in [-0.15, -0.1) is 0 Å². The van der Waals surface area contributed by atoms with Crippen LogP contribution in [-0.2, 0) is 14.3 Å². The molecule has 104 valence electrons. The number of hydrogen-bond donors (Lipinski definition) is 0. The Morgan fingerprint density at radius 1 is 1.47 bits per heavy atom. The van der Waals surface area contributed by atoms with Crippen LogP contribution in [0.5, 0.6) is 0 Å². The molecular formula is C15H21NO3. The molecule has 2 aliphatic heterocycles. The van der Waals surface area contributed by atoms with E-state index in [0.29, 0.717) is 13.0 Å². The average molecular weight is 263 g/mol. The molecule has 1 spiro atoms. The number of methoxy groups -OCH3 is 1. The van der Waals surface area contributed by atoms with E-state index in [-0.39, 0.29) is 11.3 Å². The molecule has 4 nitrogen and oxygen atoms in total. The van der Waals surface area contributed by atoms with E-state index in [1.165, 1.54) is 0 Å². The number of rotatable bonds is 1. The largest absolute Gasteiger partial charge is 0.497 e. The van der Waals surface area contributed by atoms with E-state index in [9.17, 15) is 4.79 Å². The summed E-state index contributed by atoms with van der Waals surface area (Å²) in [6.07, 6.45) is 9.78. The molecule has 0 bridgehead atoms. The van der Waals surface area contributed by atoms with Gasteiger partial charge in [0, 0.05) is 12.0 Å². The Kier molecular flexibility index (Phi) is 2.93. The summed E-state index contributed by atoms with van der Waals surface area (Å²) in [4.78, 5) is 14.1. The van der Waals surface area contributed by atoms with Crippen LogP contribution >= 0.6 is 0 Å². The normalized spacial score (nSPS) is 38.1. The quantitative estimate of drug-likeness (QED) is 0.728. The maximum Gasteiger partial charge on any atom is 0.227 e. The van der Waals surface area contributed by atoms with Crippen molar-refractivity contribution in [2.24, 2.45) is 5.41 Å². The minimum atomic E-state index is -0.507. The minimum Gasteiger partial charge on any atom is -0.497 e. The first kappa shape index (κ1) is 12.7. The van der Waals surface area contributed by atoms with Crippen molar-refractivity contribution in [1.82, 2.24) is 4.90 Å². The van der Waals surface area contributed by atoms with Gasteiger partial charge < -0.3 is 14.4 Å². The van der Waals surface area contributed by atoms with E-state index in [4.69, 9.17) is 9.47 Å². The zero-order valence-electron chi connectivity index (χ0n) is 11.6. The topological polar surface area (TPSA) is 38.8 Å². The summed E-state index contributed by atoms with van der Waals surface area (Å²) in [6, 6.07) is 0. The van der Waals surface area contributed by atoms with Crippen LogP contribution < -0.4 is 0 Å². The van der Waals surface area contributed by atoms with E-state index in [1.807, 2.05) is 11.0 Å². The molecule has 0 aromatic rings. The number of fused-ring (bicyclic) bond motifs is 2. The number of hydrogen-bond acceptors (Lipinski definition) is 3. The summed E-state index contributed by atoms with van der Waals surface area (Å²) < 4.78 is 11.4. The Morgan fingerprint density at radius 2 is 2.32 bits per heavy atom. The summed E-state index contributed by atoms with van der Waals surface area (Å²) in [5.41, 5.74) is -0.615. The van der Waals surface area contributed by atoms with Gasteiger partial charge in [-0.05, 0) is 38.3 Å². The minimum absolute atomic E-state index is 0.108. The third kappa shape index (κ3) is 1.73. The predicted octanol–water partition coefficient (Wildman–Crippen LogP) is 2.22. The standard InChI is InChI=1S/C15H21NO3/c1-14-15(8-4-12(18-2)5-9-15)7-3-10-16(14)13(17)6-11-19-14/h4-5,8H,3,6-7,9-11H2,1-2H3/t14?,15-/m0/s1. The molecule has 1 aliphatic carbocycles. The molecule has 2 saturated heterocycles. The second-order valence-corrected chi connectivity index (χ2v) is 5.73. The van der Waals surface area contributed by atoms with Gasteiger partial charge in [-0.3, -0.25) is 4.79 Å². The van der Waals surface area contributed by atoms with Crippen molar-refractivity contribution < 1.29 is 14.3 Å². The van der Waals surface area contributed by atoms with Crippen molar-refractivity contribution in [3.05, 3.63) is 24.0 Å². The van der Waals surface area contributed by atoms with Gasteiger partial charge in [0.25, 0.3) is 0 Å². The summed E-state index contributed by atoms with van der Waals surface area (Å²) in [6.45, 7) is 3.41. The van der Waals surface area contributed by atoms with Gasteiger partial charge in [0.2, 0.25) is 5.91 Å². The van der Waals surface area contributed by atoms with Crippen molar-refractivity contribution in [2.75, 3.05) is 20.3 Å². The molecule has 3 rings (SSSR count). The molecule has 2 fully saturated rings. The second-order valence-electron chi connectivity index (χ2n) is 5.73. The van der Waals surface area contributed by atoms with Crippen LogP contribution in [0.1, 0.15) is 32.6 Å². The summed E-state index contributed by atoms with van der Waals surface area (Å²) >= 11 is 0. The molecule has 2 atom stereocenters. The maximum atomic E-state index is 12.2. The number of ether oxygens (including phenoxy) is 2. The van der Waals surface area contributed by atoms with E-state index in [2.05, 4.69) is 19.1 Å². The maximum absolute atomic E-state index is 12.2. The van der Waals surface area contributed by atoms with Crippen LogP contribution in [0.15, 0.2) is 24.0 Å². The molecule has 1 amide bonds. The first-order valence-corrected chi connectivity index (χ1v) is 6.99. The predicted molar refractivity (Wildman–Crippen MR) is 71.2 cm³/mol. The highest BCUT2D eigenvalue weighted by Gasteiger charge is 2.56. The summed E-state index contributed by atoms with van der Waals surface area (Å²) in [5, 5.41) is 0. The number of piperidine rings is 1. The Bertz CT molecular complexity index is 456. The highest BCUT2D eigenvalue weighted by Crippen LogP contribution is 2.51. The fraction of sp³-hybridized carbons (Fsp3) is 0.667. The van der Waals surface area contributed by atoms with Crippen molar-refractivity contribution >= 4 is 5.91 Å². The highest BCUT2D eigenvalue weighted by molar-refractivity contribution is 5.78. The summed E-state index contributed by atoms with van der Waals surface area (Å²) in [5.74, 6) is 1.12. The lowest BCUT2D eigenvalue weighted by Gasteiger charge is -2.58. The molecule has 0 N–H and O–H groups in total. The van der Waals surface area contributed by atoms with Gasteiger partial charge in [0.05, 0.1) is 20.1 Å². The third-order valence-electron chi connectivity index (χ3n) is 4.91. The summed E-state index contributed by atoms with van der Waals surface area (Å²) in [7, 11) is 1.68. The Labute approximate surface area is 114 Å². The van der Waals surface area contributed by atoms with Gasteiger partial charge in [-0.2, -0.15) is 0 Å². The lowest BCUT2D eigenvalue weighted by atomic mass is 9.66. The van der Waals surface area contributed by atoms with Crippen LogP contribution in [0, 0.1) is 5.41 Å². The Morgan fingerprint density at radius 3 is 3.00 bits per heavy atom. The lowest BCUT2D eigenvalue weighted by molar-refractivity contribution is -0.239. The molecule has 2 heterocycles. The molecular weight excluding hydrogens is 242 g/mol. The fourth-order valence-electron chi connectivity index (χ4n) is 3.66. The van der Waals surface area contributed by atoms with E-state index < -0.39 is 5.72 Å². The average Bonchev–Trinajstić information content (AvgIpc) is 2.42. The van der Waals surface area contributed by atoms with Gasteiger partial charge >= 0.3 is 0 Å². The SMILES string of the molecule is COC1=CC[C@@]2(C=C1)CCCN1C(=O)CCOC12C. The number of allylic oxidation sites excluding steroid dienone is 2. The van der Waals surface area contributed by atoms with Gasteiger partial charge in [0.1, 0.15) is 11.5 Å². The Hall–Kier alpha value is -1.29. The number of carbonyl (C=O) groups excluding carboxylic acids is 1. The first-order chi connectivity index (χ1) is 9.11. The fourth-order valence-corrected chi connectivity index (χ4v) is 3.66. The van der Waals surface area contributed by atoms with Crippen molar-refractivity contribution in [3.8, 4) is 0 Å². The van der Waals surface area contributed by atoms with Crippen molar-refractivity contribution in [1.29, 1.82) is 0 Å². The van der Waals surface area contributed by atoms with Crippen LogP contribution in [0.4, 0.5) is 0 Å². The van der Waals surface area contributed by atoms with E-state index >= 15 is 0 Å². The monoisotopic (exact) mass is 263 g/mol. The van der Waals surface area contributed by atoms with Crippen molar-refractivity contribution in [2.45, 2.75) is 38.3 Å². The van der Waals surface area contributed by atoms with Crippen LogP contribution in [0.2, 0.25) is 0 Å². The lowest BCUT2D eigenvalue weighted by Crippen LogP contribution is -2.66. The Balaban J connectivity index is 1.95. The van der Waals surface area contributed by atoms with Crippen LogP contribution in [-0.4, -0.2) is 36.8 Å². The molecule has 0 aromatic carbocycles. The first-order valence-electron chi connectivity index (χ1n) is 6.99.